The maximum absolute atomic E-state index is 12.0. The van der Waals surface area contributed by atoms with Crippen LogP contribution in [0, 0.1) is 5.92 Å². The van der Waals surface area contributed by atoms with Gasteiger partial charge in [0.25, 0.3) is 0 Å². The molecule has 2 amide bonds. The van der Waals surface area contributed by atoms with Crippen LogP contribution in [0.5, 0.6) is 0 Å². The second kappa shape index (κ2) is 7.91. The Morgan fingerprint density at radius 1 is 1.36 bits per heavy atom. The molecule has 0 bridgehead atoms. The van der Waals surface area contributed by atoms with Crippen LogP contribution in [0.1, 0.15) is 17.5 Å². The van der Waals surface area contributed by atoms with E-state index in [-0.39, 0.29) is 17.7 Å². The van der Waals surface area contributed by atoms with Gasteiger partial charge in [0.15, 0.2) is 0 Å². The lowest BCUT2D eigenvalue weighted by atomic mass is 10.1. The zero-order valence-electron chi connectivity index (χ0n) is 12.9. The van der Waals surface area contributed by atoms with E-state index in [2.05, 4.69) is 5.32 Å². The third-order valence-corrected chi connectivity index (χ3v) is 3.94. The third-order valence-electron chi connectivity index (χ3n) is 3.94. The number of amides is 2. The van der Waals surface area contributed by atoms with Crippen molar-refractivity contribution >= 4 is 11.8 Å². The largest absolute Gasteiger partial charge is 0.380 e. The summed E-state index contributed by atoms with van der Waals surface area (Å²) < 4.78 is 5.15. The van der Waals surface area contributed by atoms with E-state index in [4.69, 9.17) is 10.5 Å². The third kappa shape index (κ3) is 4.54. The Labute approximate surface area is 130 Å². The van der Waals surface area contributed by atoms with Gasteiger partial charge in [-0.1, -0.05) is 24.3 Å². The number of hydrogen-bond donors (Lipinski definition) is 2. The highest BCUT2D eigenvalue weighted by Crippen LogP contribution is 2.15. The highest BCUT2D eigenvalue weighted by Gasteiger charge is 2.27. The van der Waals surface area contributed by atoms with Crippen molar-refractivity contribution in [3.05, 3.63) is 35.4 Å². The summed E-state index contributed by atoms with van der Waals surface area (Å²) in [4.78, 5) is 25.1. The van der Waals surface area contributed by atoms with Crippen molar-refractivity contribution < 1.29 is 14.3 Å². The van der Waals surface area contributed by atoms with E-state index < -0.39 is 0 Å². The van der Waals surface area contributed by atoms with Gasteiger partial charge in [0.2, 0.25) is 11.8 Å². The summed E-state index contributed by atoms with van der Waals surface area (Å²) in [7, 11) is 1.65. The smallest absolute Gasteiger partial charge is 0.234 e. The van der Waals surface area contributed by atoms with Crippen molar-refractivity contribution in [1.82, 2.24) is 10.2 Å². The molecule has 22 heavy (non-hydrogen) atoms. The van der Waals surface area contributed by atoms with Crippen molar-refractivity contribution in [2.45, 2.75) is 19.6 Å². The molecule has 1 aliphatic rings. The van der Waals surface area contributed by atoms with Gasteiger partial charge in [-0.15, -0.1) is 0 Å². The fourth-order valence-corrected chi connectivity index (χ4v) is 2.69. The standard InChI is InChI=1S/C16H23N3O3/c1-22-11-14-5-3-2-4-12(14)8-18-15(20)10-19-7-6-13(9-19)16(17)21/h2-5,13H,6-11H2,1H3,(H2,17,21)(H,18,20)/t13-/m1/s1. The maximum atomic E-state index is 12.0. The molecule has 3 N–H and O–H groups in total. The lowest BCUT2D eigenvalue weighted by Crippen LogP contribution is -2.36. The summed E-state index contributed by atoms with van der Waals surface area (Å²) in [6.07, 6.45) is 0.735. The molecule has 0 unspecified atom stereocenters. The van der Waals surface area contributed by atoms with Crippen molar-refractivity contribution in [3.63, 3.8) is 0 Å². The topological polar surface area (TPSA) is 84.7 Å². The Kier molecular flexibility index (Phi) is 5.91. The number of hydrogen-bond acceptors (Lipinski definition) is 4. The molecule has 6 heteroatoms. The molecule has 2 rings (SSSR count). The van der Waals surface area contributed by atoms with Crippen molar-refractivity contribution in [2.75, 3.05) is 26.7 Å². The van der Waals surface area contributed by atoms with E-state index in [9.17, 15) is 9.59 Å². The predicted octanol–water partition coefficient (Wildman–Crippen LogP) is 0.256. The molecule has 1 aliphatic heterocycles. The van der Waals surface area contributed by atoms with Gasteiger partial charge in [-0.2, -0.15) is 0 Å². The van der Waals surface area contributed by atoms with Crippen LogP contribution in [0.2, 0.25) is 0 Å². The number of ether oxygens (including phenoxy) is 1. The first-order valence-corrected chi connectivity index (χ1v) is 7.44. The second-order valence-corrected chi connectivity index (χ2v) is 5.60. The molecule has 1 heterocycles. The molecule has 0 saturated carbocycles. The normalized spacial score (nSPS) is 18.3. The lowest BCUT2D eigenvalue weighted by Gasteiger charge is -2.15. The zero-order chi connectivity index (χ0) is 15.9. The first kappa shape index (κ1) is 16.5. The molecule has 0 spiro atoms. The number of nitrogens with one attached hydrogen (secondary N) is 1. The summed E-state index contributed by atoms with van der Waals surface area (Å²) >= 11 is 0. The average Bonchev–Trinajstić information content (AvgIpc) is 2.95. The fraction of sp³-hybridized carbons (Fsp3) is 0.500. The Hall–Kier alpha value is -1.92. The molecule has 120 valence electrons. The summed E-state index contributed by atoms with van der Waals surface area (Å²) in [5, 5.41) is 2.92. The number of benzene rings is 1. The van der Waals surface area contributed by atoms with Crippen LogP contribution in [-0.2, 0) is 27.5 Å². The number of nitrogens with zero attached hydrogens (tertiary/aromatic N) is 1. The van der Waals surface area contributed by atoms with Gasteiger partial charge < -0.3 is 15.8 Å². The predicted molar refractivity (Wildman–Crippen MR) is 82.7 cm³/mol. The number of rotatable bonds is 7. The minimum absolute atomic E-state index is 0.0441. The quantitative estimate of drug-likeness (QED) is 0.756. The fourth-order valence-electron chi connectivity index (χ4n) is 2.69. The lowest BCUT2D eigenvalue weighted by molar-refractivity contribution is -0.123. The first-order valence-electron chi connectivity index (χ1n) is 7.44. The Morgan fingerprint density at radius 2 is 2.09 bits per heavy atom. The molecule has 1 atom stereocenters. The SMILES string of the molecule is COCc1ccccc1CNC(=O)CN1CC[C@@H](C(N)=O)C1. The van der Waals surface area contributed by atoms with Crippen molar-refractivity contribution in [1.29, 1.82) is 0 Å². The number of primary amides is 1. The van der Waals surface area contributed by atoms with E-state index >= 15 is 0 Å². The van der Waals surface area contributed by atoms with Crippen molar-refractivity contribution in [2.24, 2.45) is 11.7 Å². The van der Waals surface area contributed by atoms with Crippen LogP contribution < -0.4 is 11.1 Å². The van der Waals surface area contributed by atoms with Crippen LogP contribution in [0.3, 0.4) is 0 Å². The van der Waals surface area contributed by atoms with E-state index in [1.807, 2.05) is 29.2 Å². The zero-order valence-corrected chi connectivity index (χ0v) is 12.9. The van der Waals surface area contributed by atoms with Gasteiger partial charge in [0, 0.05) is 20.2 Å². The minimum atomic E-state index is -0.281. The molecule has 1 saturated heterocycles. The molecule has 0 radical (unpaired) electrons. The van der Waals surface area contributed by atoms with E-state index in [1.165, 1.54) is 0 Å². The molecule has 0 aromatic heterocycles. The molecular weight excluding hydrogens is 282 g/mol. The first-order chi connectivity index (χ1) is 10.6. The van der Waals surface area contributed by atoms with E-state index in [1.54, 1.807) is 7.11 Å². The summed E-state index contributed by atoms with van der Waals surface area (Å²) in [6, 6.07) is 7.86. The summed E-state index contributed by atoms with van der Waals surface area (Å²) in [5.41, 5.74) is 7.41. The number of carbonyl (C=O) groups excluding carboxylic acids is 2. The van der Waals surface area contributed by atoms with E-state index in [0.717, 1.165) is 24.1 Å². The Bertz CT molecular complexity index is 533. The monoisotopic (exact) mass is 305 g/mol. The number of nitrogens with two attached hydrogens (primary N) is 1. The number of methoxy groups -OCH3 is 1. The Morgan fingerprint density at radius 3 is 2.73 bits per heavy atom. The molecule has 1 aromatic rings. The highest BCUT2D eigenvalue weighted by molar-refractivity contribution is 5.79. The van der Waals surface area contributed by atoms with Gasteiger partial charge in [0.1, 0.15) is 0 Å². The van der Waals surface area contributed by atoms with Crippen molar-refractivity contribution in [3.8, 4) is 0 Å². The number of carbonyl (C=O) groups is 2. The van der Waals surface area contributed by atoms with Gasteiger partial charge in [0.05, 0.1) is 19.1 Å². The van der Waals surface area contributed by atoms with Gasteiger partial charge in [-0.05, 0) is 24.1 Å². The van der Waals surface area contributed by atoms with Gasteiger partial charge >= 0.3 is 0 Å². The molecular formula is C16H23N3O3. The summed E-state index contributed by atoms with van der Waals surface area (Å²) in [6.45, 7) is 2.62. The molecule has 0 aliphatic carbocycles. The van der Waals surface area contributed by atoms with Gasteiger partial charge in [-0.3, -0.25) is 14.5 Å². The minimum Gasteiger partial charge on any atom is -0.380 e. The van der Waals surface area contributed by atoms with Crippen LogP contribution in [-0.4, -0.2) is 43.5 Å². The van der Waals surface area contributed by atoms with Crippen LogP contribution in [0.15, 0.2) is 24.3 Å². The maximum Gasteiger partial charge on any atom is 0.234 e. The summed E-state index contributed by atoms with van der Waals surface area (Å²) in [5.74, 6) is -0.455. The molecule has 1 aromatic carbocycles. The van der Waals surface area contributed by atoms with Crippen LogP contribution in [0.4, 0.5) is 0 Å². The molecule has 1 fully saturated rings. The van der Waals surface area contributed by atoms with E-state index in [0.29, 0.717) is 26.2 Å². The molecule has 6 nitrogen and oxygen atoms in total. The van der Waals surface area contributed by atoms with Crippen LogP contribution in [0.25, 0.3) is 0 Å². The Balaban J connectivity index is 1.80. The second-order valence-electron chi connectivity index (χ2n) is 5.60. The van der Waals surface area contributed by atoms with Crippen LogP contribution >= 0.6 is 0 Å². The number of likely N-dealkylation sites (tertiary alicyclic amines) is 1. The average molecular weight is 305 g/mol. The highest BCUT2D eigenvalue weighted by atomic mass is 16.5. The van der Waals surface area contributed by atoms with Gasteiger partial charge in [-0.25, -0.2) is 0 Å².